The van der Waals surface area contributed by atoms with E-state index in [1.807, 2.05) is 0 Å². The number of hydrogen-bond donors (Lipinski definition) is 0. The molecule has 1 heterocycles. The Morgan fingerprint density at radius 1 is 1.18 bits per heavy atom. The van der Waals surface area contributed by atoms with Crippen LogP contribution in [0.25, 0.3) is 0 Å². The predicted molar refractivity (Wildman–Crippen MR) is 63.8 cm³/mol. The maximum absolute atomic E-state index is 11.6. The fourth-order valence-electron chi connectivity index (χ4n) is 1.48. The first-order valence-electron chi connectivity index (χ1n) is 4.71. The first kappa shape index (κ1) is 12.0. The third kappa shape index (κ3) is 2.14. The lowest BCUT2D eigenvalue weighted by molar-refractivity contribution is -0.145. The summed E-state index contributed by atoms with van der Waals surface area (Å²) in [5.74, 6) is -1.54. The van der Waals surface area contributed by atoms with Crippen LogP contribution < -0.4 is 4.90 Å². The molecule has 1 aliphatic heterocycles. The van der Waals surface area contributed by atoms with E-state index in [1.54, 1.807) is 6.92 Å². The van der Waals surface area contributed by atoms with Gasteiger partial charge in [-0.15, -0.1) is 0 Å². The van der Waals surface area contributed by atoms with E-state index in [4.69, 9.17) is 27.9 Å². The number of ether oxygens (including phenoxy) is 1. The number of esters is 1. The topological polar surface area (TPSA) is 46.6 Å². The average Bonchev–Trinajstić information content (AvgIpc) is 2.53. The molecule has 4 nitrogen and oxygen atoms in total. The van der Waals surface area contributed by atoms with Gasteiger partial charge in [-0.1, -0.05) is 23.2 Å². The summed E-state index contributed by atoms with van der Waals surface area (Å²) in [6.45, 7) is 1.65. The van der Waals surface area contributed by atoms with Gasteiger partial charge in [0, 0.05) is 10.0 Å². The van der Waals surface area contributed by atoms with E-state index in [0.717, 1.165) is 4.90 Å². The molecule has 1 aromatic rings. The summed E-state index contributed by atoms with van der Waals surface area (Å²) in [6, 6.07) is 4.58. The number of carbonyl (C=O) groups is 2. The Bertz CT molecular complexity index is 519. The molecule has 17 heavy (non-hydrogen) atoms. The number of anilines is 1. The molecule has 88 valence electrons. The van der Waals surface area contributed by atoms with Gasteiger partial charge >= 0.3 is 11.9 Å². The maximum Gasteiger partial charge on any atom is 0.404 e. The Labute approximate surface area is 107 Å². The van der Waals surface area contributed by atoms with Crippen LogP contribution in [0.2, 0.25) is 10.0 Å². The molecule has 0 spiro atoms. The fourth-order valence-corrected chi connectivity index (χ4v) is 1.99. The Morgan fingerprint density at radius 3 is 2.29 bits per heavy atom. The van der Waals surface area contributed by atoms with E-state index in [0.29, 0.717) is 15.7 Å². The minimum absolute atomic E-state index is 0.151. The van der Waals surface area contributed by atoms with Crippen LogP contribution >= 0.6 is 23.2 Å². The predicted octanol–water partition coefficient (Wildman–Crippen LogP) is 2.74. The summed E-state index contributed by atoms with van der Waals surface area (Å²) in [5, 5.41) is 0.741. The molecule has 0 unspecified atom stereocenters. The highest BCUT2D eigenvalue weighted by atomic mass is 35.5. The van der Waals surface area contributed by atoms with Gasteiger partial charge in [0.2, 0.25) is 5.88 Å². The first-order chi connectivity index (χ1) is 8.02. The van der Waals surface area contributed by atoms with Crippen molar-refractivity contribution in [3.63, 3.8) is 0 Å². The summed E-state index contributed by atoms with van der Waals surface area (Å²) >= 11 is 11.7. The molecule has 2 rings (SSSR count). The molecular formula is C11H7Cl2NO3. The number of nitrogens with zero attached hydrogens (tertiary/aromatic N) is 1. The molecule has 0 bridgehead atoms. The number of rotatable bonds is 1. The molecule has 0 aromatic heterocycles. The van der Waals surface area contributed by atoms with Crippen molar-refractivity contribution in [3.8, 4) is 0 Å². The van der Waals surface area contributed by atoms with Gasteiger partial charge in [0.1, 0.15) is 0 Å². The van der Waals surface area contributed by atoms with E-state index >= 15 is 0 Å². The van der Waals surface area contributed by atoms with Gasteiger partial charge < -0.3 is 4.74 Å². The van der Waals surface area contributed by atoms with E-state index in [1.165, 1.54) is 24.3 Å². The van der Waals surface area contributed by atoms with Crippen LogP contribution in [0.4, 0.5) is 5.69 Å². The standard InChI is InChI=1S/C11H7Cl2NO3/c1-2-9-14(10(15)11(16)17-9)8-4-6(12)3-7(13)5-8/h2-5H,1H3/b9-2-. The van der Waals surface area contributed by atoms with Crippen molar-refractivity contribution in [1.29, 1.82) is 0 Å². The van der Waals surface area contributed by atoms with Gasteiger partial charge in [-0.05, 0) is 31.2 Å². The van der Waals surface area contributed by atoms with E-state index in [-0.39, 0.29) is 5.88 Å². The van der Waals surface area contributed by atoms with Crippen molar-refractivity contribution in [2.45, 2.75) is 6.92 Å². The van der Waals surface area contributed by atoms with E-state index < -0.39 is 11.9 Å². The number of allylic oxidation sites excluding steroid dienone is 1. The van der Waals surface area contributed by atoms with Crippen molar-refractivity contribution >= 4 is 40.8 Å². The molecule has 1 fully saturated rings. The normalized spacial score (nSPS) is 17.8. The minimum atomic E-state index is -0.922. The van der Waals surface area contributed by atoms with Crippen LogP contribution in [0.3, 0.4) is 0 Å². The molecule has 0 atom stereocenters. The molecular weight excluding hydrogens is 265 g/mol. The molecule has 0 N–H and O–H groups in total. The zero-order valence-electron chi connectivity index (χ0n) is 8.74. The molecule has 1 aliphatic rings. The van der Waals surface area contributed by atoms with Crippen LogP contribution in [-0.2, 0) is 14.3 Å². The number of hydrogen-bond acceptors (Lipinski definition) is 3. The molecule has 6 heteroatoms. The van der Waals surface area contributed by atoms with Crippen molar-refractivity contribution in [2.24, 2.45) is 0 Å². The van der Waals surface area contributed by atoms with Crippen LogP contribution in [0.15, 0.2) is 30.2 Å². The average molecular weight is 272 g/mol. The molecule has 1 saturated heterocycles. The number of cyclic esters (lactones) is 1. The summed E-state index contributed by atoms with van der Waals surface area (Å²) in [7, 11) is 0. The molecule has 0 saturated carbocycles. The lowest BCUT2D eigenvalue weighted by Gasteiger charge is -2.14. The van der Waals surface area contributed by atoms with Crippen molar-refractivity contribution < 1.29 is 14.3 Å². The first-order valence-corrected chi connectivity index (χ1v) is 5.47. The minimum Gasteiger partial charge on any atom is -0.402 e. The van der Waals surface area contributed by atoms with Gasteiger partial charge in [0.05, 0.1) is 5.69 Å². The second-order valence-electron chi connectivity index (χ2n) is 3.28. The third-order valence-corrected chi connectivity index (χ3v) is 2.58. The van der Waals surface area contributed by atoms with Crippen molar-refractivity contribution in [1.82, 2.24) is 0 Å². The van der Waals surface area contributed by atoms with Gasteiger partial charge in [0.15, 0.2) is 0 Å². The molecule has 0 radical (unpaired) electrons. The Morgan fingerprint density at radius 2 is 1.76 bits per heavy atom. The van der Waals surface area contributed by atoms with Gasteiger partial charge in [-0.25, -0.2) is 9.69 Å². The monoisotopic (exact) mass is 271 g/mol. The lowest BCUT2D eigenvalue weighted by atomic mass is 10.3. The lowest BCUT2D eigenvalue weighted by Crippen LogP contribution is -2.25. The Balaban J connectivity index is 2.51. The summed E-state index contributed by atoms with van der Waals surface area (Å²) < 4.78 is 4.78. The second kappa shape index (κ2) is 4.39. The zero-order chi connectivity index (χ0) is 12.6. The fraction of sp³-hybridized carbons (Fsp3) is 0.0909. The second-order valence-corrected chi connectivity index (χ2v) is 4.16. The summed E-state index contributed by atoms with van der Waals surface area (Å²) in [6.07, 6.45) is 1.51. The Hall–Kier alpha value is -1.52. The highest BCUT2D eigenvalue weighted by Gasteiger charge is 2.37. The number of benzene rings is 1. The summed E-state index contributed by atoms with van der Waals surface area (Å²) in [4.78, 5) is 23.9. The molecule has 1 amide bonds. The van der Waals surface area contributed by atoms with E-state index in [2.05, 4.69) is 0 Å². The quantitative estimate of drug-likeness (QED) is 0.583. The van der Waals surface area contributed by atoms with Gasteiger partial charge in [-0.2, -0.15) is 0 Å². The molecule has 1 aromatic carbocycles. The van der Waals surface area contributed by atoms with Gasteiger partial charge in [-0.3, -0.25) is 4.79 Å². The SMILES string of the molecule is C/C=C1\OC(=O)C(=O)N1c1cc(Cl)cc(Cl)c1. The Kier molecular flexibility index (Phi) is 3.09. The van der Waals surface area contributed by atoms with Crippen LogP contribution in [0, 0.1) is 0 Å². The number of carbonyl (C=O) groups excluding carboxylic acids is 2. The maximum atomic E-state index is 11.6. The van der Waals surface area contributed by atoms with Gasteiger partial charge in [0.25, 0.3) is 0 Å². The third-order valence-electron chi connectivity index (χ3n) is 2.15. The van der Waals surface area contributed by atoms with Crippen LogP contribution in [0.1, 0.15) is 6.92 Å². The van der Waals surface area contributed by atoms with Crippen molar-refractivity contribution in [2.75, 3.05) is 4.90 Å². The largest absolute Gasteiger partial charge is 0.404 e. The number of halogens is 2. The zero-order valence-corrected chi connectivity index (χ0v) is 10.2. The van der Waals surface area contributed by atoms with Crippen LogP contribution in [0.5, 0.6) is 0 Å². The van der Waals surface area contributed by atoms with Crippen molar-refractivity contribution in [3.05, 3.63) is 40.2 Å². The smallest absolute Gasteiger partial charge is 0.402 e. The highest BCUT2D eigenvalue weighted by molar-refractivity contribution is 6.42. The highest BCUT2D eigenvalue weighted by Crippen LogP contribution is 2.30. The molecule has 0 aliphatic carbocycles. The van der Waals surface area contributed by atoms with E-state index in [9.17, 15) is 9.59 Å². The summed E-state index contributed by atoms with van der Waals surface area (Å²) in [5.41, 5.74) is 0.395. The number of amides is 1. The van der Waals surface area contributed by atoms with Crippen LogP contribution in [-0.4, -0.2) is 11.9 Å².